The van der Waals surface area contributed by atoms with Crippen LogP contribution in [0.15, 0.2) is 35.4 Å². The number of rotatable bonds is 6. The fourth-order valence-corrected chi connectivity index (χ4v) is 3.32. The van der Waals surface area contributed by atoms with Crippen LogP contribution in [-0.2, 0) is 12.3 Å². The van der Waals surface area contributed by atoms with Crippen LogP contribution < -0.4 is 5.32 Å². The minimum Gasteiger partial charge on any atom is -0.310 e. The quantitative estimate of drug-likeness (QED) is 0.813. The molecule has 0 atom stereocenters. The van der Waals surface area contributed by atoms with Crippen molar-refractivity contribution in [1.29, 1.82) is 0 Å². The average molecular weight is 296 g/mol. The van der Waals surface area contributed by atoms with Gasteiger partial charge in [-0.3, -0.25) is 0 Å². The number of thioether (sulfide) groups is 1. The van der Waals surface area contributed by atoms with Crippen molar-refractivity contribution in [2.45, 2.75) is 37.1 Å². The Bertz CT molecular complexity index is 526. The zero-order valence-electron chi connectivity index (χ0n) is 11.0. The van der Waals surface area contributed by atoms with Crippen molar-refractivity contribution in [2.24, 2.45) is 0 Å². The first-order valence-corrected chi connectivity index (χ1v) is 7.99. The van der Waals surface area contributed by atoms with E-state index in [1.54, 1.807) is 23.5 Å². The summed E-state index contributed by atoms with van der Waals surface area (Å²) in [5.41, 5.74) is 0. The van der Waals surface area contributed by atoms with Gasteiger partial charge in [0.25, 0.3) is 0 Å². The molecule has 0 fully saturated rings. The molecule has 102 valence electrons. The Hall–Kier alpha value is -0.910. The predicted octanol–water partition coefficient (Wildman–Crippen LogP) is 4.07. The third-order valence-corrected chi connectivity index (χ3v) is 4.71. The van der Waals surface area contributed by atoms with Crippen LogP contribution in [0.1, 0.15) is 23.7 Å². The van der Waals surface area contributed by atoms with Gasteiger partial charge in [0.2, 0.25) is 0 Å². The number of nitrogens with one attached hydrogen (secondary N) is 1. The lowest BCUT2D eigenvalue weighted by Crippen LogP contribution is -2.21. The lowest BCUT2D eigenvalue weighted by Gasteiger charge is -2.04. The molecule has 1 aromatic carbocycles. The minimum atomic E-state index is -0.161. The molecule has 2 nitrogen and oxygen atoms in total. The zero-order valence-corrected chi connectivity index (χ0v) is 12.7. The van der Waals surface area contributed by atoms with Crippen molar-refractivity contribution in [2.75, 3.05) is 0 Å². The SMILES string of the molecule is CC(C)NCc1cnc(CSc2ccccc2F)s1. The molecule has 0 aliphatic heterocycles. The van der Waals surface area contributed by atoms with Crippen molar-refractivity contribution in [3.05, 3.63) is 46.2 Å². The van der Waals surface area contributed by atoms with E-state index < -0.39 is 0 Å². The van der Waals surface area contributed by atoms with Gasteiger partial charge in [0, 0.05) is 28.6 Å². The molecule has 2 rings (SSSR count). The maximum atomic E-state index is 13.5. The first kappa shape index (κ1) is 14.5. The molecule has 1 heterocycles. The molecule has 5 heteroatoms. The average Bonchev–Trinajstić information content (AvgIpc) is 2.83. The predicted molar refractivity (Wildman–Crippen MR) is 80.1 cm³/mol. The molecule has 0 amide bonds. The molecular weight excluding hydrogens is 279 g/mol. The number of nitrogens with zero attached hydrogens (tertiary/aromatic N) is 1. The van der Waals surface area contributed by atoms with E-state index in [1.807, 2.05) is 12.3 Å². The lowest BCUT2D eigenvalue weighted by atomic mass is 10.3. The number of hydrogen-bond donors (Lipinski definition) is 1. The standard InChI is InChI=1S/C14H17FN2S2/c1-10(2)16-7-11-8-17-14(19-11)9-18-13-6-4-3-5-12(13)15/h3-6,8,10,16H,7,9H2,1-2H3. The number of benzene rings is 1. The molecule has 0 saturated carbocycles. The summed E-state index contributed by atoms with van der Waals surface area (Å²) in [6.45, 7) is 5.09. The van der Waals surface area contributed by atoms with Crippen LogP contribution in [0.2, 0.25) is 0 Å². The molecule has 0 aliphatic rings. The Morgan fingerprint density at radius 1 is 1.37 bits per heavy atom. The van der Waals surface area contributed by atoms with Crippen molar-refractivity contribution >= 4 is 23.1 Å². The summed E-state index contributed by atoms with van der Waals surface area (Å²) >= 11 is 3.17. The Morgan fingerprint density at radius 3 is 2.89 bits per heavy atom. The first-order valence-electron chi connectivity index (χ1n) is 6.19. The van der Waals surface area contributed by atoms with Crippen LogP contribution >= 0.6 is 23.1 Å². The van der Waals surface area contributed by atoms with Crippen molar-refractivity contribution < 1.29 is 4.39 Å². The van der Waals surface area contributed by atoms with Crippen molar-refractivity contribution in [3.63, 3.8) is 0 Å². The molecule has 0 aliphatic carbocycles. The highest BCUT2D eigenvalue weighted by Crippen LogP contribution is 2.27. The molecular formula is C14H17FN2S2. The maximum Gasteiger partial charge on any atom is 0.136 e. The Morgan fingerprint density at radius 2 is 2.16 bits per heavy atom. The van der Waals surface area contributed by atoms with E-state index in [-0.39, 0.29) is 5.82 Å². The summed E-state index contributed by atoms with van der Waals surface area (Å²) in [5, 5.41) is 4.40. The van der Waals surface area contributed by atoms with Crippen LogP contribution in [0.25, 0.3) is 0 Å². The van der Waals surface area contributed by atoms with Crippen LogP contribution in [0.5, 0.6) is 0 Å². The monoisotopic (exact) mass is 296 g/mol. The van der Waals surface area contributed by atoms with Crippen LogP contribution in [-0.4, -0.2) is 11.0 Å². The van der Waals surface area contributed by atoms with Gasteiger partial charge >= 0.3 is 0 Å². The van der Waals surface area contributed by atoms with Gasteiger partial charge in [0.1, 0.15) is 10.8 Å². The zero-order chi connectivity index (χ0) is 13.7. The summed E-state index contributed by atoms with van der Waals surface area (Å²) in [4.78, 5) is 6.27. The van der Waals surface area contributed by atoms with Gasteiger partial charge in [-0.15, -0.1) is 23.1 Å². The highest BCUT2D eigenvalue weighted by molar-refractivity contribution is 7.98. The summed E-state index contributed by atoms with van der Waals surface area (Å²) in [7, 11) is 0. The van der Waals surface area contributed by atoms with Gasteiger partial charge in [-0.05, 0) is 12.1 Å². The molecule has 1 N–H and O–H groups in total. The number of thiazole rings is 1. The highest BCUT2D eigenvalue weighted by Gasteiger charge is 2.06. The lowest BCUT2D eigenvalue weighted by molar-refractivity contribution is 0.593. The second-order valence-electron chi connectivity index (χ2n) is 4.48. The molecule has 0 radical (unpaired) electrons. The molecule has 2 aromatic rings. The smallest absolute Gasteiger partial charge is 0.136 e. The summed E-state index contributed by atoms with van der Waals surface area (Å²) < 4.78 is 13.5. The fraction of sp³-hybridized carbons (Fsp3) is 0.357. The third kappa shape index (κ3) is 4.60. The molecule has 0 spiro atoms. The molecule has 0 saturated heterocycles. The first-order chi connectivity index (χ1) is 9.15. The summed E-state index contributed by atoms with van der Waals surface area (Å²) in [6.07, 6.45) is 1.90. The molecule has 0 bridgehead atoms. The van der Waals surface area contributed by atoms with Crippen LogP contribution in [0.3, 0.4) is 0 Å². The van der Waals surface area contributed by atoms with E-state index in [0.29, 0.717) is 16.7 Å². The topological polar surface area (TPSA) is 24.9 Å². The molecule has 19 heavy (non-hydrogen) atoms. The van der Waals surface area contributed by atoms with Gasteiger partial charge < -0.3 is 5.32 Å². The fourth-order valence-electron chi connectivity index (χ4n) is 1.50. The van der Waals surface area contributed by atoms with E-state index in [2.05, 4.69) is 24.1 Å². The largest absolute Gasteiger partial charge is 0.310 e. The van der Waals surface area contributed by atoms with Gasteiger partial charge in [0.15, 0.2) is 0 Å². The normalized spacial score (nSPS) is 11.2. The second-order valence-corrected chi connectivity index (χ2v) is 6.69. The van der Waals surface area contributed by atoms with Crippen LogP contribution in [0, 0.1) is 5.82 Å². The Kier molecular flexibility index (Phi) is 5.36. The van der Waals surface area contributed by atoms with Crippen molar-refractivity contribution in [1.82, 2.24) is 10.3 Å². The Labute approximate surface area is 121 Å². The van der Waals surface area contributed by atoms with Crippen molar-refractivity contribution in [3.8, 4) is 0 Å². The summed E-state index contributed by atoms with van der Waals surface area (Å²) in [5.74, 6) is 0.554. The van der Waals surface area contributed by atoms with Gasteiger partial charge in [0.05, 0.1) is 5.75 Å². The maximum absolute atomic E-state index is 13.5. The van der Waals surface area contributed by atoms with E-state index in [1.165, 1.54) is 22.7 Å². The van der Waals surface area contributed by atoms with Gasteiger partial charge in [-0.2, -0.15) is 0 Å². The number of halogens is 1. The summed E-state index contributed by atoms with van der Waals surface area (Å²) in [6, 6.07) is 7.32. The van der Waals surface area contributed by atoms with E-state index in [9.17, 15) is 4.39 Å². The van der Waals surface area contributed by atoms with Gasteiger partial charge in [-0.1, -0.05) is 26.0 Å². The third-order valence-electron chi connectivity index (χ3n) is 2.47. The number of aromatic nitrogens is 1. The molecule has 0 unspecified atom stereocenters. The van der Waals surface area contributed by atoms with E-state index in [0.717, 1.165) is 11.6 Å². The minimum absolute atomic E-state index is 0.161. The second kappa shape index (κ2) is 7.03. The van der Waals surface area contributed by atoms with Gasteiger partial charge in [-0.25, -0.2) is 9.37 Å². The molecule has 1 aromatic heterocycles. The van der Waals surface area contributed by atoms with Crippen LogP contribution in [0.4, 0.5) is 4.39 Å². The van der Waals surface area contributed by atoms with E-state index in [4.69, 9.17) is 0 Å². The highest BCUT2D eigenvalue weighted by atomic mass is 32.2. The number of hydrogen-bond acceptors (Lipinski definition) is 4. The Balaban J connectivity index is 1.88. The van der Waals surface area contributed by atoms with E-state index >= 15 is 0 Å².